The van der Waals surface area contributed by atoms with Gasteiger partial charge in [-0.15, -0.1) is 6.58 Å². The number of hydrogen-bond acceptors (Lipinski definition) is 3. The van der Waals surface area contributed by atoms with Gasteiger partial charge in [0, 0.05) is 0 Å². The molecule has 0 saturated heterocycles. The van der Waals surface area contributed by atoms with Gasteiger partial charge in [0.15, 0.2) is 0 Å². The summed E-state index contributed by atoms with van der Waals surface area (Å²) < 4.78 is 4.48. The van der Waals surface area contributed by atoms with E-state index in [9.17, 15) is 4.79 Å². The third-order valence-electron chi connectivity index (χ3n) is 1.51. The zero-order valence-electron chi connectivity index (χ0n) is 6.91. The molecule has 0 aliphatic carbocycles. The van der Waals surface area contributed by atoms with E-state index in [0.29, 0.717) is 6.42 Å². The van der Waals surface area contributed by atoms with Crippen LogP contribution in [0.4, 0.5) is 0 Å². The van der Waals surface area contributed by atoms with E-state index in [1.807, 2.05) is 0 Å². The molecule has 0 aromatic heterocycles. The number of carbonyl (C=O) groups is 1. The molecule has 0 aromatic rings. The van der Waals surface area contributed by atoms with Crippen LogP contribution in [0.15, 0.2) is 12.7 Å². The van der Waals surface area contributed by atoms with Crippen molar-refractivity contribution in [1.82, 2.24) is 0 Å². The van der Waals surface area contributed by atoms with E-state index in [1.54, 1.807) is 13.0 Å². The second-order valence-electron chi connectivity index (χ2n) is 2.39. The molecule has 0 radical (unpaired) electrons. The minimum Gasteiger partial charge on any atom is -0.469 e. The average Bonchev–Trinajstić information content (AvgIpc) is 1.98. The molecule has 0 bridgehead atoms. The fraction of sp³-hybridized carbons (Fsp3) is 0.625. The van der Waals surface area contributed by atoms with Crippen LogP contribution in [0.1, 0.15) is 13.3 Å². The van der Waals surface area contributed by atoms with E-state index in [0.717, 1.165) is 0 Å². The van der Waals surface area contributed by atoms with Gasteiger partial charge in [0.05, 0.1) is 19.1 Å². The number of ether oxygens (including phenoxy) is 1. The number of carbonyl (C=O) groups excluding carboxylic acids is 1. The highest BCUT2D eigenvalue weighted by Gasteiger charge is 2.22. The normalized spacial score (nSPS) is 15.2. The maximum atomic E-state index is 10.9. The average molecular weight is 158 g/mol. The van der Waals surface area contributed by atoms with E-state index in [4.69, 9.17) is 5.11 Å². The van der Waals surface area contributed by atoms with Crippen molar-refractivity contribution in [1.29, 1.82) is 0 Å². The summed E-state index contributed by atoms with van der Waals surface area (Å²) in [5.41, 5.74) is 0. The van der Waals surface area contributed by atoms with E-state index in [-0.39, 0.29) is 5.97 Å². The van der Waals surface area contributed by atoms with E-state index in [2.05, 4.69) is 11.3 Å². The Kier molecular flexibility index (Phi) is 4.54. The first kappa shape index (κ1) is 10.2. The van der Waals surface area contributed by atoms with Crippen molar-refractivity contribution in [3.63, 3.8) is 0 Å². The molecule has 0 aliphatic rings. The van der Waals surface area contributed by atoms with Crippen LogP contribution in [0.25, 0.3) is 0 Å². The molecule has 0 heterocycles. The summed E-state index contributed by atoms with van der Waals surface area (Å²) in [6, 6.07) is 0. The molecule has 2 atom stereocenters. The molecule has 11 heavy (non-hydrogen) atoms. The van der Waals surface area contributed by atoms with Gasteiger partial charge in [0.1, 0.15) is 0 Å². The minimum atomic E-state index is -0.680. The van der Waals surface area contributed by atoms with Crippen molar-refractivity contribution in [2.75, 3.05) is 7.11 Å². The van der Waals surface area contributed by atoms with Crippen molar-refractivity contribution in [3.8, 4) is 0 Å². The highest BCUT2D eigenvalue weighted by Crippen LogP contribution is 2.10. The van der Waals surface area contributed by atoms with Gasteiger partial charge < -0.3 is 9.84 Å². The van der Waals surface area contributed by atoms with E-state index in [1.165, 1.54) is 7.11 Å². The van der Waals surface area contributed by atoms with Crippen LogP contribution in [0.5, 0.6) is 0 Å². The summed E-state index contributed by atoms with van der Waals surface area (Å²) in [7, 11) is 1.31. The molecule has 3 heteroatoms. The van der Waals surface area contributed by atoms with Gasteiger partial charge in [-0.2, -0.15) is 0 Å². The second-order valence-corrected chi connectivity index (χ2v) is 2.39. The number of rotatable bonds is 4. The van der Waals surface area contributed by atoms with Crippen LogP contribution in [-0.2, 0) is 9.53 Å². The third kappa shape index (κ3) is 3.18. The van der Waals surface area contributed by atoms with Gasteiger partial charge in [-0.25, -0.2) is 0 Å². The van der Waals surface area contributed by atoms with Gasteiger partial charge in [-0.3, -0.25) is 4.79 Å². The summed E-state index contributed by atoms with van der Waals surface area (Å²) in [4.78, 5) is 10.9. The van der Waals surface area contributed by atoms with Crippen molar-refractivity contribution in [3.05, 3.63) is 12.7 Å². The van der Waals surface area contributed by atoms with Crippen LogP contribution in [0.3, 0.4) is 0 Å². The van der Waals surface area contributed by atoms with Gasteiger partial charge in [0.25, 0.3) is 0 Å². The smallest absolute Gasteiger partial charge is 0.311 e. The lowest BCUT2D eigenvalue weighted by Gasteiger charge is -2.14. The van der Waals surface area contributed by atoms with Crippen molar-refractivity contribution >= 4 is 5.97 Å². The molecule has 64 valence electrons. The van der Waals surface area contributed by atoms with Crippen LogP contribution < -0.4 is 0 Å². The van der Waals surface area contributed by atoms with E-state index < -0.39 is 12.0 Å². The molecule has 3 nitrogen and oxygen atoms in total. The topological polar surface area (TPSA) is 46.5 Å². The summed E-state index contributed by atoms with van der Waals surface area (Å²) in [5, 5.41) is 9.10. The number of allylic oxidation sites excluding steroid dienone is 1. The van der Waals surface area contributed by atoms with Crippen molar-refractivity contribution in [2.45, 2.75) is 19.4 Å². The summed E-state index contributed by atoms with van der Waals surface area (Å²) >= 11 is 0. The van der Waals surface area contributed by atoms with Gasteiger partial charge in [-0.05, 0) is 13.3 Å². The number of aliphatic hydroxyl groups excluding tert-OH is 1. The number of esters is 1. The zero-order chi connectivity index (χ0) is 8.85. The Balaban J connectivity index is 4.08. The fourth-order valence-corrected chi connectivity index (χ4v) is 0.821. The molecule has 0 spiro atoms. The summed E-state index contributed by atoms with van der Waals surface area (Å²) in [5.74, 6) is -0.864. The maximum Gasteiger partial charge on any atom is 0.311 e. The molecule has 0 aliphatic heterocycles. The predicted octanol–water partition coefficient (Wildman–Crippen LogP) is 0.732. The first-order chi connectivity index (χ1) is 5.13. The zero-order valence-corrected chi connectivity index (χ0v) is 6.91. The van der Waals surface area contributed by atoms with Gasteiger partial charge in [-0.1, -0.05) is 6.08 Å². The van der Waals surface area contributed by atoms with Gasteiger partial charge in [0.2, 0.25) is 0 Å². The molecule has 0 aromatic carbocycles. The van der Waals surface area contributed by atoms with Crippen LogP contribution in [-0.4, -0.2) is 24.3 Å². The number of methoxy groups -OCH3 is 1. The Bertz CT molecular complexity index is 140. The predicted molar refractivity (Wildman–Crippen MR) is 42.0 cm³/mol. The van der Waals surface area contributed by atoms with Crippen LogP contribution >= 0.6 is 0 Å². The SMILES string of the molecule is C=CC[C@@H](C(=O)OC)[C@H](C)O. The Morgan fingerprint density at radius 3 is 2.64 bits per heavy atom. The molecular weight excluding hydrogens is 144 g/mol. The number of hydrogen-bond donors (Lipinski definition) is 1. The lowest BCUT2D eigenvalue weighted by Crippen LogP contribution is -2.26. The summed E-state index contributed by atoms with van der Waals surface area (Å²) in [6.07, 6.45) is 1.36. The monoisotopic (exact) mass is 158 g/mol. The third-order valence-corrected chi connectivity index (χ3v) is 1.51. The quantitative estimate of drug-likeness (QED) is 0.484. The lowest BCUT2D eigenvalue weighted by molar-refractivity contribution is -0.148. The molecule has 0 fully saturated rings. The Morgan fingerprint density at radius 1 is 1.82 bits per heavy atom. The fourth-order valence-electron chi connectivity index (χ4n) is 0.821. The van der Waals surface area contributed by atoms with Crippen molar-refractivity contribution in [2.24, 2.45) is 5.92 Å². The van der Waals surface area contributed by atoms with Crippen LogP contribution in [0.2, 0.25) is 0 Å². The molecule has 0 unspecified atom stereocenters. The van der Waals surface area contributed by atoms with Crippen LogP contribution in [0, 0.1) is 5.92 Å². The minimum absolute atomic E-state index is 0.389. The Morgan fingerprint density at radius 2 is 2.36 bits per heavy atom. The molecule has 1 N–H and O–H groups in total. The lowest BCUT2D eigenvalue weighted by atomic mass is 10.0. The van der Waals surface area contributed by atoms with Gasteiger partial charge >= 0.3 is 5.97 Å². The molecule has 0 rings (SSSR count). The highest BCUT2D eigenvalue weighted by atomic mass is 16.5. The largest absolute Gasteiger partial charge is 0.469 e. The molecule has 0 amide bonds. The summed E-state index contributed by atoms with van der Waals surface area (Å²) in [6.45, 7) is 5.04. The van der Waals surface area contributed by atoms with Crippen molar-refractivity contribution < 1.29 is 14.6 Å². The number of aliphatic hydroxyl groups is 1. The molecular formula is C8H14O3. The first-order valence-electron chi connectivity index (χ1n) is 3.50. The maximum absolute atomic E-state index is 10.9. The Hall–Kier alpha value is -0.830. The molecule has 0 saturated carbocycles. The first-order valence-corrected chi connectivity index (χ1v) is 3.50. The van der Waals surface area contributed by atoms with E-state index >= 15 is 0 Å². The second kappa shape index (κ2) is 4.91. The standard InChI is InChI=1S/C8H14O3/c1-4-5-7(6(2)9)8(10)11-3/h4,6-7,9H,1,5H2,2-3H3/t6-,7+/m0/s1. The Labute approximate surface area is 66.7 Å². The highest BCUT2D eigenvalue weighted by molar-refractivity contribution is 5.73.